The van der Waals surface area contributed by atoms with Crippen molar-refractivity contribution in [3.8, 4) is 11.5 Å². The van der Waals surface area contributed by atoms with E-state index in [0.29, 0.717) is 17.8 Å². The van der Waals surface area contributed by atoms with Gasteiger partial charge in [0, 0.05) is 24.8 Å². The van der Waals surface area contributed by atoms with Crippen LogP contribution in [0.4, 0.5) is 17.6 Å². The number of halogens is 4. The average molecular weight is 506 g/mol. The molecule has 2 aromatic rings. The van der Waals surface area contributed by atoms with Crippen molar-refractivity contribution in [2.24, 2.45) is 10.7 Å². The largest absolute Gasteiger partial charge is 0.573 e. The Labute approximate surface area is 203 Å². The van der Waals surface area contributed by atoms with Crippen molar-refractivity contribution in [2.45, 2.75) is 31.5 Å². The summed E-state index contributed by atoms with van der Waals surface area (Å²) >= 11 is 0. The number of benzene rings is 1. The Hall–Kier alpha value is -3.96. The van der Waals surface area contributed by atoms with Crippen LogP contribution >= 0.6 is 0 Å². The highest BCUT2D eigenvalue weighted by Gasteiger charge is 2.34. The lowest BCUT2D eigenvalue weighted by Crippen LogP contribution is -2.49. The Bertz CT molecular complexity index is 1200. The maximum atomic E-state index is 14.9. The first kappa shape index (κ1) is 25.1. The Morgan fingerprint density at radius 3 is 2.56 bits per heavy atom. The number of hydrogen-bond donors (Lipinski definition) is 1. The van der Waals surface area contributed by atoms with E-state index >= 15 is 0 Å². The number of likely N-dealkylation sites (tertiary alicyclic amines) is 1. The van der Waals surface area contributed by atoms with Crippen molar-refractivity contribution in [3.63, 3.8) is 0 Å². The molecule has 4 rings (SSSR count). The number of carbonyl (C=O) groups is 2. The third kappa shape index (κ3) is 6.18. The SMILES string of the molecule is NC(=O)c1cc(C2=CCN=C2)ncc1O[C@H]1CCN(C(=O)Cc2ccc(OC(F)(F)F)cc2)C[C@H]1F. The van der Waals surface area contributed by atoms with Crippen LogP contribution in [0.1, 0.15) is 28.0 Å². The summed E-state index contributed by atoms with van der Waals surface area (Å²) in [5.74, 6) is -1.48. The first-order valence-corrected chi connectivity index (χ1v) is 11.0. The van der Waals surface area contributed by atoms with Crippen molar-refractivity contribution in [1.82, 2.24) is 9.88 Å². The molecule has 2 N–H and O–H groups in total. The second-order valence-corrected chi connectivity index (χ2v) is 8.25. The van der Waals surface area contributed by atoms with E-state index in [1.54, 1.807) is 6.21 Å². The zero-order chi connectivity index (χ0) is 25.9. The second-order valence-electron chi connectivity index (χ2n) is 8.25. The lowest BCUT2D eigenvalue weighted by molar-refractivity contribution is -0.274. The van der Waals surface area contributed by atoms with E-state index in [0.717, 1.165) is 17.7 Å². The monoisotopic (exact) mass is 506 g/mol. The number of nitrogens with two attached hydrogens (primary N) is 1. The number of primary amides is 1. The van der Waals surface area contributed by atoms with Gasteiger partial charge in [-0.2, -0.15) is 0 Å². The molecule has 0 unspecified atom stereocenters. The summed E-state index contributed by atoms with van der Waals surface area (Å²) in [5.41, 5.74) is 7.24. The zero-order valence-corrected chi connectivity index (χ0v) is 18.9. The predicted octanol–water partition coefficient (Wildman–Crippen LogP) is 3.11. The summed E-state index contributed by atoms with van der Waals surface area (Å²) in [6.45, 7) is 0.471. The van der Waals surface area contributed by atoms with Gasteiger partial charge in [0.25, 0.3) is 5.91 Å². The standard InChI is InChI=1S/C24H22F4N4O4/c25-18-13-32(22(33)9-14-1-3-16(4-2-14)36-24(26,27)28)8-6-20(18)35-21-12-31-19(10-17(21)23(29)34)15-5-7-30-11-15/h1-5,10-12,18,20H,6-9,13H2,(H2,29,34)/t18-,20+/m1/s1. The zero-order valence-electron chi connectivity index (χ0n) is 18.9. The van der Waals surface area contributed by atoms with Gasteiger partial charge in [0.1, 0.15) is 11.9 Å². The Morgan fingerprint density at radius 2 is 1.94 bits per heavy atom. The van der Waals surface area contributed by atoms with Gasteiger partial charge in [0.2, 0.25) is 5.91 Å². The summed E-state index contributed by atoms with van der Waals surface area (Å²) in [7, 11) is 0. The molecule has 36 heavy (non-hydrogen) atoms. The van der Waals surface area contributed by atoms with E-state index in [2.05, 4.69) is 14.7 Å². The van der Waals surface area contributed by atoms with Gasteiger partial charge in [0.05, 0.1) is 37.0 Å². The quantitative estimate of drug-likeness (QED) is 0.581. The number of nitrogens with zero attached hydrogens (tertiary/aromatic N) is 3. The Morgan fingerprint density at radius 1 is 1.19 bits per heavy atom. The molecule has 190 valence electrons. The number of pyridine rings is 1. The maximum Gasteiger partial charge on any atom is 0.573 e. The molecule has 0 radical (unpaired) electrons. The first-order chi connectivity index (χ1) is 17.1. The van der Waals surface area contributed by atoms with Gasteiger partial charge >= 0.3 is 6.36 Å². The average Bonchev–Trinajstić information content (AvgIpc) is 3.36. The summed E-state index contributed by atoms with van der Waals surface area (Å²) in [6.07, 6.45) is -2.45. The van der Waals surface area contributed by atoms with Crippen LogP contribution in [0.25, 0.3) is 5.57 Å². The van der Waals surface area contributed by atoms with Crippen LogP contribution in [0, 0.1) is 0 Å². The molecule has 3 heterocycles. The number of allylic oxidation sites excluding steroid dienone is 1. The van der Waals surface area contributed by atoms with Crippen LogP contribution in [0.3, 0.4) is 0 Å². The number of rotatable bonds is 7. The summed E-state index contributed by atoms with van der Waals surface area (Å²) in [6, 6.07) is 6.38. The van der Waals surface area contributed by atoms with Crippen LogP contribution in [-0.2, 0) is 11.2 Å². The third-order valence-corrected chi connectivity index (χ3v) is 5.70. The molecule has 2 amide bonds. The molecule has 12 heteroatoms. The second kappa shape index (κ2) is 10.3. The predicted molar refractivity (Wildman–Crippen MR) is 121 cm³/mol. The van der Waals surface area contributed by atoms with Crippen LogP contribution in [0.5, 0.6) is 11.5 Å². The number of hydrogen-bond acceptors (Lipinski definition) is 6. The molecule has 1 fully saturated rings. The molecule has 0 spiro atoms. The lowest BCUT2D eigenvalue weighted by atomic mass is 10.0. The lowest BCUT2D eigenvalue weighted by Gasteiger charge is -2.35. The molecule has 1 saturated heterocycles. The maximum absolute atomic E-state index is 14.9. The molecule has 2 aliphatic heterocycles. The highest BCUT2D eigenvalue weighted by atomic mass is 19.4. The smallest absolute Gasteiger partial charge is 0.485 e. The Balaban J connectivity index is 1.35. The van der Waals surface area contributed by atoms with E-state index in [-0.39, 0.29) is 43.2 Å². The fraction of sp³-hybridized carbons (Fsp3) is 0.333. The van der Waals surface area contributed by atoms with E-state index in [9.17, 15) is 27.2 Å². The van der Waals surface area contributed by atoms with Gasteiger partial charge in [-0.25, -0.2) is 4.39 Å². The number of amides is 2. The summed E-state index contributed by atoms with van der Waals surface area (Å²) in [4.78, 5) is 34.2. The van der Waals surface area contributed by atoms with Crippen molar-refractivity contribution >= 4 is 23.6 Å². The van der Waals surface area contributed by atoms with Crippen molar-refractivity contribution in [1.29, 1.82) is 0 Å². The summed E-state index contributed by atoms with van der Waals surface area (Å²) < 4.78 is 61.3. The number of aliphatic imine (C=N–C) groups is 1. The summed E-state index contributed by atoms with van der Waals surface area (Å²) in [5, 5.41) is 0. The van der Waals surface area contributed by atoms with Gasteiger partial charge in [-0.3, -0.25) is 19.6 Å². The van der Waals surface area contributed by atoms with E-state index in [4.69, 9.17) is 10.5 Å². The number of alkyl halides is 4. The fourth-order valence-electron chi connectivity index (χ4n) is 3.91. The van der Waals surface area contributed by atoms with Crippen molar-refractivity contribution < 1.29 is 36.6 Å². The van der Waals surface area contributed by atoms with Gasteiger partial charge in [-0.15, -0.1) is 13.2 Å². The number of carbonyl (C=O) groups excluding carboxylic acids is 2. The third-order valence-electron chi connectivity index (χ3n) is 5.70. The molecule has 0 bridgehead atoms. The fourth-order valence-corrected chi connectivity index (χ4v) is 3.91. The minimum atomic E-state index is -4.81. The van der Waals surface area contributed by atoms with Gasteiger partial charge < -0.3 is 20.1 Å². The van der Waals surface area contributed by atoms with E-state index in [1.807, 2.05) is 6.08 Å². The highest BCUT2D eigenvalue weighted by Crippen LogP contribution is 2.27. The number of piperidine rings is 1. The number of ether oxygens (including phenoxy) is 2. The van der Waals surface area contributed by atoms with E-state index in [1.165, 1.54) is 29.3 Å². The highest BCUT2D eigenvalue weighted by molar-refractivity contribution is 6.11. The molecule has 1 aromatic carbocycles. The Kier molecular flexibility index (Phi) is 7.22. The van der Waals surface area contributed by atoms with Crippen LogP contribution in [0.15, 0.2) is 47.6 Å². The van der Waals surface area contributed by atoms with Crippen LogP contribution < -0.4 is 15.2 Å². The first-order valence-electron chi connectivity index (χ1n) is 11.0. The number of aromatic nitrogens is 1. The molecular weight excluding hydrogens is 484 g/mol. The minimum absolute atomic E-state index is 0.0513. The minimum Gasteiger partial charge on any atom is -0.485 e. The molecule has 2 atom stereocenters. The molecular formula is C24H22F4N4O4. The van der Waals surface area contributed by atoms with Crippen molar-refractivity contribution in [2.75, 3.05) is 19.6 Å². The van der Waals surface area contributed by atoms with Gasteiger partial charge in [0.15, 0.2) is 11.9 Å². The van der Waals surface area contributed by atoms with Crippen LogP contribution in [0.2, 0.25) is 0 Å². The molecule has 8 nitrogen and oxygen atoms in total. The molecule has 0 aliphatic carbocycles. The van der Waals surface area contributed by atoms with E-state index < -0.39 is 30.3 Å². The molecule has 2 aliphatic rings. The van der Waals surface area contributed by atoms with Crippen molar-refractivity contribution in [3.05, 3.63) is 59.4 Å². The molecule has 1 aromatic heterocycles. The topological polar surface area (TPSA) is 107 Å². The van der Waals surface area contributed by atoms with Gasteiger partial charge in [-0.1, -0.05) is 18.2 Å². The van der Waals surface area contributed by atoms with Crippen LogP contribution in [-0.4, -0.2) is 66.2 Å². The molecule has 0 saturated carbocycles. The normalized spacial score (nSPS) is 19.7. The van der Waals surface area contributed by atoms with Gasteiger partial charge in [-0.05, 0) is 23.8 Å².